The number of nitrogens with one attached hydrogen (secondary N) is 1. The monoisotopic (exact) mass is 242 g/mol. The molecule has 0 aromatic carbocycles. The zero-order valence-corrected chi connectivity index (χ0v) is 10.3. The smallest absolute Gasteiger partial charge is 0.393 e. The number of nitro groups is 1. The van der Waals surface area contributed by atoms with Gasteiger partial charge in [0.1, 0.15) is 0 Å². The first-order valence-electron chi connectivity index (χ1n) is 5.57. The molecule has 1 rings (SSSR count). The minimum Gasteiger partial charge on any atom is -0.393 e. The predicted molar refractivity (Wildman–Crippen MR) is 64.0 cm³/mol. The molecule has 0 fully saturated rings. The van der Waals surface area contributed by atoms with Gasteiger partial charge in [0.05, 0.1) is 6.10 Å². The molecule has 0 aliphatic carbocycles. The van der Waals surface area contributed by atoms with Gasteiger partial charge in [-0.3, -0.25) is 4.57 Å². The fourth-order valence-electron chi connectivity index (χ4n) is 1.48. The number of nitrogens with zero attached hydrogens (tertiary/aromatic N) is 3. The van der Waals surface area contributed by atoms with Crippen LogP contribution in [-0.4, -0.2) is 32.2 Å². The van der Waals surface area contributed by atoms with Gasteiger partial charge in [-0.2, -0.15) is 0 Å². The molecular weight excluding hydrogens is 224 g/mol. The van der Waals surface area contributed by atoms with Crippen LogP contribution in [0.5, 0.6) is 0 Å². The second-order valence-corrected chi connectivity index (χ2v) is 3.92. The molecule has 7 nitrogen and oxygen atoms in total. The Morgan fingerprint density at radius 2 is 2.29 bits per heavy atom. The Hall–Kier alpha value is -1.63. The Morgan fingerprint density at radius 3 is 2.82 bits per heavy atom. The molecule has 1 heterocycles. The van der Waals surface area contributed by atoms with Crippen molar-refractivity contribution in [3.05, 3.63) is 15.9 Å². The molecule has 0 spiro atoms. The van der Waals surface area contributed by atoms with Gasteiger partial charge in [0.15, 0.2) is 0 Å². The molecule has 0 saturated heterocycles. The van der Waals surface area contributed by atoms with E-state index in [0.717, 1.165) is 0 Å². The SMILES string of the molecule is CCC(O)CCNc1c([N+](=O)[O-])nc(C)n1C. The molecule has 1 atom stereocenters. The summed E-state index contributed by atoms with van der Waals surface area (Å²) in [4.78, 5) is 14.1. The van der Waals surface area contributed by atoms with Gasteiger partial charge in [-0.25, -0.2) is 0 Å². The summed E-state index contributed by atoms with van der Waals surface area (Å²) in [5.41, 5.74) is 0. The van der Waals surface area contributed by atoms with E-state index in [9.17, 15) is 15.2 Å². The molecule has 0 aliphatic rings. The molecule has 17 heavy (non-hydrogen) atoms. The Morgan fingerprint density at radius 1 is 1.65 bits per heavy atom. The highest BCUT2D eigenvalue weighted by atomic mass is 16.6. The van der Waals surface area contributed by atoms with Crippen LogP contribution in [0, 0.1) is 17.0 Å². The van der Waals surface area contributed by atoms with Crippen molar-refractivity contribution in [2.45, 2.75) is 32.8 Å². The average molecular weight is 242 g/mol. The maximum absolute atomic E-state index is 10.8. The second kappa shape index (κ2) is 5.62. The number of aliphatic hydroxyl groups excluding tert-OH is 1. The molecular formula is C10H18N4O3. The Bertz CT molecular complexity index is 403. The van der Waals surface area contributed by atoms with Crippen LogP contribution >= 0.6 is 0 Å². The Balaban J connectivity index is 2.72. The van der Waals surface area contributed by atoms with Crippen LogP contribution in [0.25, 0.3) is 0 Å². The van der Waals surface area contributed by atoms with Crippen molar-refractivity contribution in [3.8, 4) is 0 Å². The summed E-state index contributed by atoms with van der Waals surface area (Å²) in [6.45, 7) is 4.08. The number of rotatable bonds is 6. The first-order valence-corrected chi connectivity index (χ1v) is 5.57. The Kier molecular flexibility index (Phi) is 4.45. The standard InChI is InChI=1S/C10H18N4O3/c1-4-8(15)5-6-11-9-10(14(16)17)12-7(2)13(9)3/h8,11,15H,4-6H2,1-3H3. The molecule has 0 bridgehead atoms. The van der Waals surface area contributed by atoms with Gasteiger partial charge in [0.25, 0.3) is 0 Å². The van der Waals surface area contributed by atoms with Crippen molar-refractivity contribution >= 4 is 11.6 Å². The fraction of sp³-hybridized carbons (Fsp3) is 0.700. The topological polar surface area (TPSA) is 93.2 Å². The minimum atomic E-state index is -0.508. The lowest BCUT2D eigenvalue weighted by Crippen LogP contribution is -2.14. The highest BCUT2D eigenvalue weighted by Gasteiger charge is 2.23. The van der Waals surface area contributed by atoms with Crippen LogP contribution in [0.2, 0.25) is 0 Å². The van der Waals surface area contributed by atoms with Gasteiger partial charge in [0, 0.05) is 20.5 Å². The van der Waals surface area contributed by atoms with Crippen molar-refractivity contribution in [2.24, 2.45) is 7.05 Å². The first-order chi connectivity index (χ1) is 7.97. The zero-order valence-electron chi connectivity index (χ0n) is 10.3. The van der Waals surface area contributed by atoms with Gasteiger partial charge < -0.3 is 20.5 Å². The van der Waals surface area contributed by atoms with Gasteiger partial charge in [-0.15, -0.1) is 0 Å². The van der Waals surface area contributed by atoms with Gasteiger partial charge >= 0.3 is 5.82 Å². The molecule has 0 aliphatic heterocycles. The van der Waals surface area contributed by atoms with E-state index in [2.05, 4.69) is 10.3 Å². The summed E-state index contributed by atoms with van der Waals surface area (Å²) >= 11 is 0. The lowest BCUT2D eigenvalue weighted by Gasteiger charge is -2.09. The Labute approximate surface area is 99.6 Å². The van der Waals surface area contributed by atoms with Crippen LogP contribution in [0.1, 0.15) is 25.6 Å². The average Bonchev–Trinajstić information content (AvgIpc) is 2.57. The predicted octanol–water partition coefficient (Wildman–Crippen LogP) is 1.21. The van der Waals surface area contributed by atoms with E-state index in [4.69, 9.17) is 0 Å². The van der Waals surface area contributed by atoms with Crippen LogP contribution in [0.3, 0.4) is 0 Å². The summed E-state index contributed by atoms with van der Waals surface area (Å²) in [6, 6.07) is 0. The number of anilines is 1. The first kappa shape index (κ1) is 13.4. The fourth-order valence-corrected chi connectivity index (χ4v) is 1.48. The highest BCUT2D eigenvalue weighted by Crippen LogP contribution is 2.23. The van der Waals surface area contributed by atoms with Gasteiger partial charge in [-0.05, 0) is 22.7 Å². The van der Waals surface area contributed by atoms with Crippen LogP contribution < -0.4 is 5.32 Å². The summed E-state index contributed by atoms with van der Waals surface area (Å²) in [5, 5.41) is 23.1. The van der Waals surface area contributed by atoms with Gasteiger partial charge in [-0.1, -0.05) is 6.92 Å². The quantitative estimate of drug-likeness (QED) is 0.577. The number of aromatic nitrogens is 2. The molecule has 7 heteroatoms. The third-order valence-electron chi connectivity index (χ3n) is 2.71. The molecule has 1 unspecified atom stereocenters. The summed E-state index contributed by atoms with van der Waals surface area (Å²) in [7, 11) is 1.72. The summed E-state index contributed by atoms with van der Waals surface area (Å²) < 4.78 is 1.64. The molecule has 1 aromatic heterocycles. The number of hydrogen-bond donors (Lipinski definition) is 2. The maximum atomic E-state index is 10.8. The highest BCUT2D eigenvalue weighted by molar-refractivity contribution is 5.53. The van der Waals surface area contributed by atoms with Crippen molar-refractivity contribution < 1.29 is 10.0 Å². The summed E-state index contributed by atoms with van der Waals surface area (Å²) in [6.07, 6.45) is 0.849. The van der Waals surface area contributed by atoms with Crippen molar-refractivity contribution in [1.29, 1.82) is 0 Å². The normalized spacial score (nSPS) is 12.5. The lowest BCUT2D eigenvalue weighted by atomic mass is 10.2. The van der Waals surface area contributed by atoms with E-state index in [1.807, 2.05) is 6.92 Å². The molecule has 1 aromatic rings. The lowest BCUT2D eigenvalue weighted by molar-refractivity contribution is -0.388. The van der Waals surface area contributed by atoms with Gasteiger partial charge in [0.2, 0.25) is 11.6 Å². The maximum Gasteiger partial charge on any atom is 0.406 e. The second-order valence-electron chi connectivity index (χ2n) is 3.92. The number of aryl methyl sites for hydroxylation is 1. The molecule has 2 N–H and O–H groups in total. The molecule has 0 amide bonds. The van der Waals surface area contributed by atoms with E-state index in [1.54, 1.807) is 18.5 Å². The van der Waals surface area contributed by atoms with E-state index in [-0.39, 0.29) is 11.9 Å². The van der Waals surface area contributed by atoms with Crippen molar-refractivity contribution in [2.75, 3.05) is 11.9 Å². The molecule has 0 radical (unpaired) electrons. The minimum absolute atomic E-state index is 0.170. The van der Waals surface area contributed by atoms with E-state index in [0.29, 0.717) is 31.0 Å². The van der Waals surface area contributed by atoms with E-state index in [1.165, 1.54) is 0 Å². The number of hydrogen-bond acceptors (Lipinski definition) is 5. The van der Waals surface area contributed by atoms with Crippen LogP contribution in [0.15, 0.2) is 0 Å². The van der Waals surface area contributed by atoms with E-state index >= 15 is 0 Å². The van der Waals surface area contributed by atoms with E-state index < -0.39 is 4.92 Å². The third kappa shape index (κ3) is 3.16. The largest absolute Gasteiger partial charge is 0.406 e. The molecule has 96 valence electrons. The third-order valence-corrected chi connectivity index (χ3v) is 2.71. The number of aliphatic hydroxyl groups is 1. The van der Waals surface area contributed by atoms with Crippen molar-refractivity contribution in [3.63, 3.8) is 0 Å². The summed E-state index contributed by atoms with van der Waals surface area (Å²) in [5.74, 6) is 0.794. The zero-order chi connectivity index (χ0) is 13.0. The number of imidazole rings is 1. The van der Waals surface area contributed by atoms with Crippen molar-refractivity contribution in [1.82, 2.24) is 9.55 Å². The molecule has 0 saturated carbocycles. The van der Waals surface area contributed by atoms with Crippen LogP contribution in [-0.2, 0) is 7.05 Å². The van der Waals surface area contributed by atoms with Crippen LogP contribution in [0.4, 0.5) is 11.6 Å².